The summed E-state index contributed by atoms with van der Waals surface area (Å²) in [4.78, 5) is 14.8. The number of methoxy groups -OCH3 is 1. The predicted molar refractivity (Wildman–Crippen MR) is 135 cm³/mol. The molecule has 0 aliphatic heterocycles. The molecule has 3 aromatic rings. The van der Waals surface area contributed by atoms with Crippen LogP contribution in [-0.2, 0) is 22.5 Å². The third-order valence-electron chi connectivity index (χ3n) is 5.48. The standard InChI is InChI=1S/C26H33BrN4O3/c1-6-9-21(25(32)34-26(2,3)4)22(16-19-10-7-8-11-23(19)27)24-28-30-31(29-24)17-18-12-14-20(33-5)15-13-18/h7-8,10-15,21-22H,6,9,16-17H2,1-5H3. The van der Waals surface area contributed by atoms with E-state index in [-0.39, 0.29) is 17.8 Å². The van der Waals surface area contributed by atoms with E-state index in [9.17, 15) is 4.79 Å². The van der Waals surface area contributed by atoms with Crippen molar-refractivity contribution in [3.05, 3.63) is 70.0 Å². The molecule has 1 aromatic heterocycles. The van der Waals surface area contributed by atoms with E-state index in [4.69, 9.17) is 14.6 Å². The van der Waals surface area contributed by atoms with Gasteiger partial charge in [-0.2, -0.15) is 4.80 Å². The van der Waals surface area contributed by atoms with Gasteiger partial charge >= 0.3 is 5.97 Å². The first-order valence-corrected chi connectivity index (χ1v) is 12.4. The summed E-state index contributed by atoms with van der Waals surface area (Å²) < 4.78 is 12.0. The summed E-state index contributed by atoms with van der Waals surface area (Å²) in [6.45, 7) is 8.21. The Morgan fingerprint density at radius 1 is 1.12 bits per heavy atom. The van der Waals surface area contributed by atoms with Gasteiger partial charge in [-0.05, 0) is 68.2 Å². The quantitative estimate of drug-likeness (QED) is 0.319. The molecule has 0 bridgehead atoms. The van der Waals surface area contributed by atoms with Gasteiger partial charge in [0.05, 0.1) is 19.6 Å². The Morgan fingerprint density at radius 3 is 2.44 bits per heavy atom. The van der Waals surface area contributed by atoms with Crippen LogP contribution < -0.4 is 4.74 Å². The van der Waals surface area contributed by atoms with Crippen LogP contribution >= 0.6 is 15.9 Å². The number of tetrazole rings is 1. The monoisotopic (exact) mass is 528 g/mol. The maximum Gasteiger partial charge on any atom is 0.310 e. The lowest BCUT2D eigenvalue weighted by atomic mass is 9.83. The highest BCUT2D eigenvalue weighted by Crippen LogP contribution is 2.33. The van der Waals surface area contributed by atoms with Crippen molar-refractivity contribution in [1.29, 1.82) is 0 Å². The van der Waals surface area contributed by atoms with Crippen LogP contribution in [-0.4, -0.2) is 38.9 Å². The molecule has 0 spiro atoms. The molecule has 2 atom stereocenters. The van der Waals surface area contributed by atoms with E-state index in [2.05, 4.69) is 39.2 Å². The van der Waals surface area contributed by atoms with Crippen molar-refractivity contribution in [3.63, 3.8) is 0 Å². The molecule has 3 rings (SSSR count). The van der Waals surface area contributed by atoms with E-state index < -0.39 is 5.60 Å². The van der Waals surface area contributed by atoms with E-state index in [1.807, 2.05) is 63.2 Å². The number of halogens is 1. The third kappa shape index (κ3) is 7.13. The number of benzene rings is 2. The van der Waals surface area contributed by atoms with E-state index in [1.165, 1.54) is 0 Å². The van der Waals surface area contributed by atoms with Gasteiger partial charge in [0.25, 0.3) is 0 Å². The van der Waals surface area contributed by atoms with Gasteiger partial charge < -0.3 is 9.47 Å². The van der Waals surface area contributed by atoms with Gasteiger partial charge in [0, 0.05) is 10.4 Å². The molecule has 0 aliphatic carbocycles. The first kappa shape index (κ1) is 25.9. The van der Waals surface area contributed by atoms with Crippen LogP contribution in [0, 0.1) is 5.92 Å². The number of nitrogens with zero attached hydrogens (tertiary/aromatic N) is 4. The summed E-state index contributed by atoms with van der Waals surface area (Å²) in [5, 5.41) is 13.4. The summed E-state index contributed by atoms with van der Waals surface area (Å²) in [6.07, 6.45) is 2.12. The Morgan fingerprint density at radius 2 is 1.82 bits per heavy atom. The fourth-order valence-electron chi connectivity index (χ4n) is 3.85. The van der Waals surface area contributed by atoms with Crippen LogP contribution in [0.4, 0.5) is 0 Å². The van der Waals surface area contributed by atoms with Gasteiger partial charge in [0.15, 0.2) is 5.82 Å². The van der Waals surface area contributed by atoms with E-state index in [0.717, 1.165) is 27.8 Å². The normalized spacial score (nSPS) is 13.4. The summed E-state index contributed by atoms with van der Waals surface area (Å²) >= 11 is 3.64. The zero-order chi connectivity index (χ0) is 24.7. The fourth-order valence-corrected chi connectivity index (χ4v) is 4.30. The Labute approximate surface area is 210 Å². The molecule has 0 saturated heterocycles. The maximum atomic E-state index is 13.3. The number of hydrogen-bond acceptors (Lipinski definition) is 6. The van der Waals surface area contributed by atoms with Gasteiger partial charge in [-0.1, -0.05) is 59.6 Å². The number of carbonyl (C=O) groups is 1. The summed E-state index contributed by atoms with van der Waals surface area (Å²) in [5.41, 5.74) is 1.55. The average Bonchev–Trinajstić information content (AvgIpc) is 3.25. The first-order valence-electron chi connectivity index (χ1n) is 11.6. The van der Waals surface area contributed by atoms with Crippen molar-refractivity contribution < 1.29 is 14.3 Å². The van der Waals surface area contributed by atoms with Crippen molar-refractivity contribution in [2.24, 2.45) is 5.92 Å². The molecular formula is C26H33BrN4O3. The Hall–Kier alpha value is -2.74. The van der Waals surface area contributed by atoms with Crippen LogP contribution in [0.3, 0.4) is 0 Å². The number of carbonyl (C=O) groups excluding carboxylic acids is 1. The second-order valence-corrected chi connectivity index (χ2v) is 10.2. The zero-order valence-electron chi connectivity index (χ0n) is 20.5. The van der Waals surface area contributed by atoms with Gasteiger partial charge in [0.1, 0.15) is 11.4 Å². The van der Waals surface area contributed by atoms with Crippen LogP contribution in [0.5, 0.6) is 5.75 Å². The van der Waals surface area contributed by atoms with Crippen molar-refractivity contribution >= 4 is 21.9 Å². The minimum Gasteiger partial charge on any atom is -0.497 e. The van der Waals surface area contributed by atoms with E-state index in [0.29, 0.717) is 25.2 Å². The fraction of sp³-hybridized carbons (Fsp3) is 0.462. The Kier molecular flexibility index (Phi) is 8.83. The molecule has 0 radical (unpaired) electrons. The van der Waals surface area contributed by atoms with Gasteiger partial charge in [0.2, 0.25) is 0 Å². The van der Waals surface area contributed by atoms with Gasteiger partial charge in [-0.25, -0.2) is 0 Å². The Balaban J connectivity index is 1.92. The zero-order valence-corrected chi connectivity index (χ0v) is 22.1. The van der Waals surface area contributed by atoms with Gasteiger partial charge in [-0.15, -0.1) is 10.2 Å². The highest BCUT2D eigenvalue weighted by atomic mass is 79.9. The number of esters is 1. The number of aromatic nitrogens is 4. The molecule has 0 fully saturated rings. The summed E-state index contributed by atoms with van der Waals surface area (Å²) in [6, 6.07) is 15.8. The minimum atomic E-state index is -0.569. The Bertz CT molecular complexity index is 1080. The third-order valence-corrected chi connectivity index (χ3v) is 6.25. The highest BCUT2D eigenvalue weighted by Gasteiger charge is 2.35. The SMILES string of the molecule is CCCC(C(=O)OC(C)(C)C)C(Cc1ccccc1Br)c1nnn(Cc2ccc(OC)cc2)n1. The van der Waals surface area contributed by atoms with Gasteiger partial charge in [-0.3, -0.25) is 4.79 Å². The smallest absolute Gasteiger partial charge is 0.310 e. The first-order chi connectivity index (χ1) is 16.2. The molecule has 2 aromatic carbocycles. The highest BCUT2D eigenvalue weighted by molar-refractivity contribution is 9.10. The summed E-state index contributed by atoms with van der Waals surface area (Å²) in [7, 11) is 1.64. The lowest BCUT2D eigenvalue weighted by Gasteiger charge is -2.28. The van der Waals surface area contributed by atoms with Crippen LogP contribution in [0.15, 0.2) is 53.0 Å². The predicted octanol–water partition coefficient (Wildman–Crippen LogP) is 5.58. The number of rotatable bonds is 10. The van der Waals surface area contributed by atoms with Crippen LogP contribution in [0.25, 0.3) is 0 Å². The lowest BCUT2D eigenvalue weighted by molar-refractivity contribution is -0.161. The van der Waals surface area contributed by atoms with Crippen LogP contribution in [0.2, 0.25) is 0 Å². The molecule has 0 amide bonds. The molecule has 0 saturated carbocycles. The molecule has 2 unspecified atom stereocenters. The average molecular weight is 529 g/mol. The molecular weight excluding hydrogens is 496 g/mol. The summed E-state index contributed by atoms with van der Waals surface area (Å²) in [5.74, 6) is 0.476. The number of hydrogen-bond donors (Lipinski definition) is 0. The number of ether oxygens (including phenoxy) is 2. The molecule has 34 heavy (non-hydrogen) atoms. The molecule has 0 N–H and O–H groups in total. The van der Waals surface area contributed by atoms with Crippen molar-refractivity contribution in [2.75, 3.05) is 7.11 Å². The molecule has 8 heteroatoms. The largest absolute Gasteiger partial charge is 0.497 e. The second kappa shape index (κ2) is 11.6. The topological polar surface area (TPSA) is 79.1 Å². The van der Waals surface area contributed by atoms with E-state index in [1.54, 1.807) is 11.9 Å². The maximum absolute atomic E-state index is 13.3. The molecule has 1 heterocycles. The molecule has 7 nitrogen and oxygen atoms in total. The second-order valence-electron chi connectivity index (χ2n) is 9.36. The molecule has 0 aliphatic rings. The van der Waals surface area contributed by atoms with Crippen molar-refractivity contribution in [1.82, 2.24) is 20.2 Å². The van der Waals surface area contributed by atoms with Crippen molar-refractivity contribution in [3.8, 4) is 5.75 Å². The lowest BCUT2D eigenvalue weighted by Crippen LogP contribution is -2.33. The van der Waals surface area contributed by atoms with E-state index >= 15 is 0 Å². The van der Waals surface area contributed by atoms with Crippen molar-refractivity contribution in [2.45, 2.75) is 65.0 Å². The van der Waals surface area contributed by atoms with Crippen LogP contribution in [0.1, 0.15) is 63.4 Å². The molecule has 182 valence electrons. The minimum absolute atomic E-state index is 0.224.